The number of nitrogen functional groups attached to an aromatic ring is 1. The van der Waals surface area contributed by atoms with Crippen molar-refractivity contribution in [2.24, 2.45) is 5.84 Å². The molecule has 1 amide bonds. The van der Waals surface area contributed by atoms with E-state index in [9.17, 15) is 49.1 Å². The maximum Gasteiger partial charge on any atom is 0.340 e. The first-order valence-corrected chi connectivity index (χ1v) is 31.7. The Balaban J connectivity index is 0.000000167. The fourth-order valence-electron chi connectivity index (χ4n) is 10.9. The minimum absolute atomic E-state index is 0.00838. The van der Waals surface area contributed by atoms with Crippen LogP contribution in [0.3, 0.4) is 0 Å². The van der Waals surface area contributed by atoms with E-state index in [1.807, 2.05) is 22.6 Å². The molecule has 2 aliphatic rings. The molecule has 12 aromatic rings. The molecule has 0 saturated heterocycles. The van der Waals surface area contributed by atoms with Gasteiger partial charge in [-0.3, -0.25) is 18.8 Å². The van der Waals surface area contributed by atoms with Crippen molar-refractivity contribution < 1.29 is 68.8 Å². The number of aromatic carboxylic acids is 1. The Morgan fingerprint density at radius 1 is 0.607 bits per heavy atom. The second-order valence-corrected chi connectivity index (χ2v) is 24.5. The molecule has 8 heterocycles. The van der Waals surface area contributed by atoms with Crippen molar-refractivity contribution in [1.82, 2.24) is 24.5 Å². The predicted molar refractivity (Wildman–Crippen MR) is 338 cm³/mol. The van der Waals surface area contributed by atoms with Crippen molar-refractivity contribution in [3.63, 3.8) is 0 Å². The number of hydrazine groups is 1. The third-order valence-corrected chi connectivity index (χ3v) is 17.7. The number of carboxylic acid groups (broad SMARTS) is 1. The molecular formula is C63H47F4IN8O11S2. The Labute approximate surface area is 518 Å². The van der Waals surface area contributed by atoms with Gasteiger partial charge in [0, 0.05) is 71.4 Å². The van der Waals surface area contributed by atoms with Gasteiger partial charge in [0.05, 0.1) is 63.3 Å². The van der Waals surface area contributed by atoms with Crippen LogP contribution in [0.25, 0.3) is 112 Å². The lowest BCUT2D eigenvalue weighted by Gasteiger charge is -2.23. The van der Waals surface area contributed by atoms with Crippen LogP contribution in [0.2, 0.25) is 0 Å². The summed E-state index contributed by atoms with van der Waals surface area (Å²) in [5.74, 6) is 2.85. The molecule has 0 spiro atoms. The maximum atomic E-state index is 14.7. The van der Waals surface area contributed by atoms with Crippen molar-refractivity contribution >= 4 is 110 Å². The summed E-state index contributed by atoms with van der Waals surface area (Å²) in [4.78, 5) is 35.7. The van der Waals surface area contributed by atoms with E-state index in [1.54, 1.807) is 75.9 Å². The summed E-state index contributed by atoms with van der Waals surface area (Å²) in [5, 5.41) is 11.5. The first-order valence-electron chi connectivity index (χ1n) is 27.2. The lowest BCUT2D eigenvalue weighted by atomic mass is 10.0. The summed E-state index contributed by atoms with van der Waals surface area (Å²) in [6.45, 7) is 0.302. The van der Waals surface area contributed by atoms with E-state index < -0.39 is 49.4 Å². The first kappa shape index (κ1) is 58.3. The molecule has 0 saturated carbocycles. The molecule has 0 fully saturated rings. The fourth-order valence-corrected chi connectivity index (χ4v) is 11.9. The second kappa shape index (κ2) is 22.7. The average molecular weight is 1360 g/mol. The highest BCUT2D eigenvalue weighted by molar-refractivity contribution is 14.1. The minimum atomic E-state index is -3.78. The SMILES string of the molecule is CN(c1cc2oc(-c3ccc(F)cc3)c(C(=O)NN)c2cc1-c1ccc2c(n1)-c1cc3c(F)cccc3n1CO2)S(C)(=O)=O.CN(c1cc2oc(-c3ccc(F)cc3)c(C(=O)O)c2cc1-c1ccc2c(n1)-c1cc3c(F)cccc3n1CO2)S(C)(=O)=O.[2H]CI. The number of aromatic nitrogens is 4. The lowest BCUT2D eigenvalue weighted by molar-refractivity contribution is 0.0698. The number of alkyl halides is 1. The topological polar surface area (TPSA) is 248 Å². The Morgan fingerprint density at radius 3 is 1.40 bits per heavy atom. The zero-order chi connectivity index (χ0) is 63.8. The van der Waals surface area contributed by atoms with E-state index in [1.165, 1.54) is 93.0 Å². The molecule has 6 aromatic carbocycles. The molecule has 26 heteroatoms. The molecule has 2 aliphatic heterocycles. The largest absolute Gasteiger partial charge is 0.478 e. The van der Waals surface area contributed by atoms with Crippen LogP contribution in [0, 0.1) is 23.3 Å². The number of fused-ring (bicyclic) bond motifs is 12. The highest BCUT2D eigenvalue weighted by Gasteiger charge is 2.31. The predicted octanol–water partition coefficient (Wildman–Crippen LogP) is 13.0. The molecule has 452 valence electrons. The van der Waals surface area contributed by atoms with Crippen molar-refractivity contribution in [3.05, 3.63) is 180 Å². The third-order valence-electron chi connectivity index (χ3n) is 15.3. The van der Waals surface area contributed by atoms with Gasteiger partial charge in [0.2, 0.25) is 20.0 Å². The third kappa shape index (κ3) is 10.5. The summed E-state index contributed by atoms with van der Waals surface area (Å²) in [6, 6.07) is 36.2. The Hall–Kier alpha value is -9.77. The summed E-state index contributed by atoms with van der Waals surface area (Å²) >= 11 is 1.96. The standard InChI is InChI=1S/C31H23F2N5O5S.C31H21F2N3O6S.CH3I/c1-37(44(2,40)41)24-14-27-20(28(31(39)36-34)30(43-27)16-6-8-17(32)9-7-16)12-19(24)22-10-11-26-29(35-22)25-13-18-21(33)4-3-5-23(18)38(25)15-42-26;1-35(43(2,39)40)24-14-27-20(28(31(37)38)30(42-27)16-6-8-17(32)9-7-16)12-19(24)22-10-11-26-29(34-22)25-13-18-21(33)4-3-5-23(18)36(25)15-41-26;1-2/h3-14H,15,34H2,1-2H3,(H,36,39);3-14H,15H2,1-2H3,(H,37,38);1H3/i;;1D. The molecule has 0 bridgehead atoms. The van der Waals surface area contributed by atoms with Crippen LogP contribution in [-0.2, 0) is 33.5 Å². The van der Waals surface area contributed by atoms with Gasteiger partial charge >= 0.3 is 5.97 Å². The molecule has 6 aromatic heterocycles. The van der Waals surface area contributed by atoms with Gasteiger partial charge in [0.15, 0.2) is 13.5 Å². The quantitative estimate of drug-likeness (QED) is 0.0288. The number of ether oxygens (including phenoxy) is 2. The number of benzene rings is 6. The van der Waals surface area contributed by atoms with Crippen LogP contribution >= 0.6 is 22.6 Å². The number of amides is 1. The number of nitrogens with one attached hydrogen (secondary N) is 1. The number of rotatable bonds is 10. The van der Waals surface area contributed by atoms with E-state index in [2.05, 4.69) is 5.43 Å². The fraction of sp³-hybridized carbons (Fsp3) is 0.111. The molecule has 0 unspecified atom stereocenters. The number of hydrogen-bond acceptors (Lipinski definition) is 13. The lowest BCUT2D eigenvalue weighted by Crippen LogP contribution is -2.30. The molecule has 89 heavy (non-hydrogen) atoms. The van der Waals surface area contributed by atoms with Crippen LogP contribution in [0.5, 0.6) is 11.5 Å². The van der Waals surface area contributed by atoms with Gasteiger partial charge in [0.25, 0.3) is 5.91 Å². The van der Waals surface area contributed by atoms with Crippen molar-refractivity contribution in [1.29, 1.82) is 0 Å². The number of hydrogen-bond donors (Lipinski definition) is 3. The summed E-state index contributed by atoms with van der Waals surface area (Å²) in [7, 11) is -4.80. The molecular weight excluding hydrogens is 1310 g/mol. The van der Waals surface area contributed by atoms with Crippen molar-refractivity contribution in [2.45, 2.75) is 13.5 Å². The molecule has 19 nitrogen and oxygen atoms in total. The normalized spacial score (nSPS) is 12.5. The molecule has 14 rings (SSSR count). The van der Waals surface area contributed by atoms with Crippen molar-refractivity contribution in [3.8, 4) is 79.4 Å². The second-order valence-electron chi connectivity index (χ2n) is 20.5. The van der Waals surface area contributed by atoms with Gasteiger partial charge in [-0.15, -0.1) is 0 Å². The van der Waals surface area contributed by atoms with Gasteiger partial charge in [-0.2, -0.15) is 0 Å². The number of nitrogens with zero attached hydrogens (tertiary/aromatic N) is 6. The van der Waals surface area contributed by atoms with E-state index in [4.69, 9.17) is 35.5 Å². The number of carbonyl (C=O) groups excluding carboxylic acids is 1. The number of carbonyl (C=O) groups is 2. The van der Waals surface area contributed by atoms with Gasteiger partial charge in [0.1, 0.15) is 74.4 Å². The highest BCUT2D eigenvalue weighted by atomic mass is 127. The van der Waals surface area contributed by atoms with Crippen molar-refractivity contribution in [2.75, 3.05) is 40.1 Å². The van der Waals surface area contributed by atoms with Crippen LogP contribution in [0.15, 0.2) is 154 Å². The number of sulfonamides is 2. The Morgan fingerprint density at radius 2 is 1.01 bits per heavy atom. The summed E-state index contributed by atoms with van der Waals surface area (Å²) in [5.41, 5.74) is 8.12. The van der Waals surface area contributed by atoms with E-state index in [0.29, 0.717) is 100 Å². The smallest absolute Gasteiger partial charge is 0.340 e. The molecule has 0 radical (unpaired) electrons. The zero-order valence-electron chi connectivity index (χ0n) is 48.0. The molecule has 4 N–H and O–H groups in total. The first-order chi connectivity index (χ1) is 43.0. The molecule has 0 aliphatic carbocycles. The number of nitrogens with two attached hydrogens (primary N) is 1. The van der Waals surface area contributed by atoms with Gasteiger partial charge in [-0.25, -0.2) is 55.0 Å². The number of furan rings is 2. The van der Waals surface area contributed by atoms with Gasteiger partial charge < -0.3 is 32.5 Å². The maximum absolute atomic E-state index is 14.7. The summed E-state index contributed by atoms with van der Waals surface area (Å²) in [6.07, 6.45) is 2.10. The number of halogens is 5. The Kier molecular flexibility index (Phi) is 14.9. The summed E-state index contributed by atoms with van der Waals surface area (Å²) < 4.78 is 143. The molecule has 0 atom stereocenters. The minimum Gasteiger partial charge on any atom is -0.478 e. The van der Waals surface area contributed by atoms with Gasteiger partial charge in [-0.05, 0) is 126 Å². The van der Waals surface area contributed by atoms with E-state index in [-0.39, 0.29) is 69.9 Å². The van der Waals surface area contributed by atoms with E-state index >= 15 is 0 Å². The zero-order valence-corrected chi connectivity index (χ0v) is 50.8. The van der Waals surface area contributed by atoms with Gasteiger partial charge in [-0.1, -0.05) is 34.7 Å². The Bertz CT molecular complexity index is 5180. The monoisotopic (exact) mass is 1360 g/mol. The highest BCUT2D eigenvalue weighted by Crippen LogP contribution is 2.47. The van der Waals surface area contributed by atoms with E-state index in [0.717, 1.165) is 21.1 Å². The van der Waals surface area contributed by atoms with Crippen LogP contribution in [0.1, 0.15) is 22.1 Å². The van der Waals surface area contributed by atoms with Crippen LogP contribution in [-0.4, -0.2) is 84.4 Å². The van der Waals surface area contributed by atoms with Crippen LogP contribution in [0.4, 0.5) is 28.9 Å². The average Bonchev–Trinajstić information content (AvgIpc) is 1.56. The number of carboxylic acids is 1. The number of pyridine rings is 2. The van der Waals surface area contributed by atoms with Crippen LogP contribution < -0.4 is 29.4 Å². The number of anilines is 2.